The van der Waals surface area contributed by atoms with Gasteiger partial charge in [-0.15, -0.1) is 0 Å². The van der Waals surface area contributed by atoms with Gasteiger partial charge in [0.15, 0.2) is 5.78 Å². The Kier molecular flexibility index (Phi) is 4.20. The molecule has 6 rings (SSSR count). The van der Waals surface area contributed by atoms with Gasteiger partial charge in [-0.1, -0.05) is 23.3 Å². The molecule has 0 radical (unpaired) electrons. The van der Waals surface area contributed by atoms with Gasteiger partial charge in [0.25, 0.3) is 0 Å². The number of Topliss-reactive ketones (excluding diaryl/α,β-unsaturated/α-hetero) is 1. The highest BCUT2D eigenvalue weighted by Gasteiger charge is 2.39. The van der Waals surface area contributed by atoms with Gasteiger partial charge in [0.2, 0.25) is 5.95 Å². The van der Waals surface area contributed by atoms with Crippen LogP contribution in [0.15, 0.2) is 72.1 Å². The van der Waals surface area contributed by atoms with Crippen LogP contribution in [0.1, 0.15) is 30.9 Å². The summed E-state index contributed by atoms with van der Waals surface area (Å²) in [4.78, 5) is 13.1. The Labute approximate surface area is 182 Å². The number of carbonyl (C=O) groups is 1. The summed E-state index contributed by atoms with van der Waals surface area (Å²) < 4.78 is 17.0. The van der Waals surface area contributed by atoms with Crippen LogP contribution in [0.3, 0.4) is 0 Å². The number of ketones is 1. The standard InChI is InChI=1S/C23H18FN7O/c24-15-11-9-14(10-12-15)21-17(13-30(27-21)16-5-2-1-3-6-16)22-20-18(7-4-8-19(20)32)25-23-26-28-29-31(22)23/h1-3,5-6,9-13,22H,4,7-8H2,(H,25,26,29)/t22-/m1/s1. The first kappa shape index (κ1) is 18.6. The number of rotatable bonds is 3. The molecule has 1 N–H and O–H groups in total. The fourth-order valence-corrected chi connectivity index (χ4v) is 4.44. The van der Waals surface area contributed by atoms with E-state index in [-0.39, 0.29) is 11.6 Å². The van der Waals surface area contributed by atoms with Crippen LogP contribution >= 0.6 is 0 Å². The second kappa shape index (κ2) is 7.23. The fourth-order valence-electron chi connectivity index (χ4n) is 4.44. The number of aromatic nitrogens is 6. The van der Waals surface area contributed by atoms with Gasteiger partial charge in [-0.2, -0.15) is 9.78 Å². The molecule has 3 heterocycles. The quantitative estimate of drug-likeness (QED) is 0.536. The highest BCUT2D eigenvalue weighted by Crippen LogP contribution is 2.42. The summed E-state index contributed by atoms with van der Waals surface area (Å²) >= 11 is 0. The lowest BCUT2D eigenvalue weighted by molar-refractivity contribution is -0.116. The molecule has 0 bridgehead atoms. The number of para-hydroxylation sites is 1. The van der Waals surface area contributed by atoms with E-state index in [0.29, 0.717) is 23.6 Å². The number of nitrogens with one attached hydrogen (secondary N) is 1. The molecule has 158 valence electrons. The van der Waals surface area contributed by atoms with Crippen molar-refractivity contribution in [1.82, 2.24) is 30.0 Å². The number of nitrogens with zero attached hydrogens (tertiary/aromatic N) is 6. The molecule has 0 amide bonds. The maximum atomic E-state index is 13.6. The minimum absolute atomic E-state index is 0.0717. The van der Waals surface area contributed by atoms with Crippen LogP contribution in [0.5, 0.6) is 0 Å². The minimum Gasteiger partial charge on any atom is -0.326 e. The topological polar surface area (TPSA) is 90.5 Å². The van der Waals surface area contributed by atoms with Gasteiger partial charge in [0.1, 0.15) is 11.9 Å². The molecule has 1 aliphatic carbocycles. The normalized spacial score (nSPS) is 17.7. The monoisotopic (exact) mass is 427 g/mol. The zero-order chi connectivity index (χ0) is 21.7. The molecule has 1 atom stereocenters. The van der Waals surface area contributed by atoms with Gasteiger partial charge in [-0.25, -0.2) is 9.07 Å². The Morgan fingerprint density at radius 2 is 1.84 bits per heavy atom. The highest BCUT2D eigenvalue weighted by atomic mass is 19.1. The smallest absolute Gasteiger partial charge is 0.248 e. The second-order valence-electron chi connectivity index (χ2n) is 7.86. The van der Waals surface area contributed by atoms with Crippen LogP contribution in [0.4, 0.5) is 10.3 Å². The van der Waals surface area contributed by atoms with Crippen molar-refractivity contribution in [3.8, 4) is 16.9 Å². The summed E-state index contributed by atoms with van der Waals surface area (Å²) in [6, 6.07) is 15.4. The molecule has 2 aromatic heterocycles. The van der Waals surface area contributed by atoms with E-state index in [1.165, 1.54) is 12.1 Å². The molecule has 32 heavy (non-hydrogen) atoms. The predicted molar refractivity (Wildman–Crippen MR) is 114 cm³/mol. The Morgan fingerprint density at radius 1 is 1.03 bits per heavy atom. The Morgan fingerprint density at radius 3 is 2.66 bits per heavy atom. The third-order valence-corrected chi connectivity index (χ3v) is 5.91. The number of anilines is 1. The first-order valence-corrected chi connectivity index (χ1v) is 10.4. The third-order valence-electron chi connectivity index (χ3n) is 5.91. The first-order chi connectivity index (χ1) is 15.7. The number of carbonyl (C=O) groups excluding carboxylic acids is 1. The summed E-state index contributed by atoms with van der Waals surface area (Å²) in [5.74, 6) is 0.234. The molecular weight excluding hydrogens is 409 g/mol. The van der Waals surface area contributed by atoms with Gasteiger partial charge >= 0.3 is 0 Å². The summed E-state index contributed by atoms with van der Waals surface area (Å²) in [7, 11) is 0. The lowest BCUT2D eigenvalue weighted by Gasteiger charge is -2.31. The van der Waals surface area contributed by atoms with E-state index in [2.05, 4.69) is 20.8 Å². The second-order valence-corrected chi connectivity index (χ2v) is 7.86. The van der Waals surface area contributed by atoms with Gasteiger partial charge < -0.3 is 5.32 Å². The summed E-state index contributed by atoms with van der Waals surface area (Å²) in [5.41, 5.74) is 4.55. The van der Waals surface area contributed by atoms with E-state index >= 15 is 0 Å². The van der Waals surface area contributed by atoms with Gasteiger partial charge in [0.05, 0.1) is 11.4 Å². The van der Waals surface area contributed by atoms with Crippen molar-refractivity contribution < 1.29 is 9.18 Å². The lowest BCUT2D eigenvalue weighted by Crippen LogP contribution is -2.31. The molecule has 0 fully saturated rings. The van der Waals surface area contributed by atoms with Crippen molar-refractivity contribution in [3.05, 3.63) is 83.4 Å². The van der Waals surface area contributed by atoms with Crippen LogP contribution in [0, 0.1) is 5.82 Å². The van der Waals surface area contributed by atoms with Crippen molar-refractivity contribution in [2.24, 2.45) is 0 Å². The fraction of sp³-hybridized carbons (Fsp3) is 0.174. The van der Waals surface area contributed by atoms with E-state index in [1.807, 2.05) is 36.5 Å². The number of hydrogen-bond donors (Lipinski definition) is 1. The van der Waals surface area contributed by atoms with Crippen LogP contribution in [-0.4, -0.2) is 35.8 Å². The number of hydrogen-bond acceptors (Lipinski definition) is 6. The van der Waals surface area contributed by atoms with E-state index in [9.17, 15) is 9.18 Å². The SMILES string of the molecule is O=C1CCCC2=C1[C@@H](c1cn(-c3ccccc3)nc1-c1ccc(F)cc1)n1nnnc1N2. The van der Waals surface area contributed by atoms with Crippen molar-refractivity contribution >= 4 is 11.7 Å². The largest absolute Gasteiger partial charge is 0.326 e. The number of fused-ring (bicyclic) bond motifs is 1. The summed E-state index contributed by atoms with van der Waals surface area (Å²) in [6.45, 7) is 0. The Bertz CT molecular complexity index is 1350. The number of benzene rings is 2. The lowest BCUT2D eigenvalue weighted by atomic mass is 9.85. The van der Waals surface area contributed by atoms with Gasteiger partial charge in [-0.05, 0) is 59.7 Å². The molecular formula is C23H18FN7O. The Hall–Kier alpha value is -4.14. The molecule has 0 spiro atoms. The predicted octanol–water partition coefficient (Wildman–Crippen LogP) is 3.69. The van der Waals surface area contributed by atoms with Crippen molar-refractivity contribution in [2.45, 2.75) is 25.3 Å². The molecule has 0 saturated carbocycles. The minimum atomic E-state index is -0.526. The van der Waals surface area contributed by atoms with Crippen LogP contribution < -0.4 is 5.32 Å². The first-order valence-electron chi connectivity index (χ1n) is 10.4. The highest BCUT2D eigenvalue weighted by molar-refractivity contribution is 5.99. The molecule has 0 unspecified atom stereocenters. The van der Waals surface area contributed by atoms with E-state index in [0.717, 1.165) is 35.4 Å². The van der Waals surface area contributed by atoms with Crippen molar-refractivity contribution in [2.75, 3.05) is 5.32 Å². The molecule has 4 aromatic rings. The molecule has 0 saturated heterocycles. The van der Waals surface area contributed by atoms with E-state index in [1.54, 1.807) is 21.5 Å². The summed E-state index contributed by atoms with van der Waals surface area (Å²) in [6.07, 6.45) is 3.92. The maximum Gasteiger partial charge on any atom is 0.248 e. The number of allylic oxidation sites excluding steroid dienone is 2. The molecule has 2 aromatic carbocycles. The van der Waals surface area contributed by atoms with Crippen molar-refractivity contribution in [1.29, 1.82) is 0 Å². The average Bonchev–Trinajstić information content (AvgIpc) is 3.46. The van der Waals surface area contributed by atoms with E-state index in [4.69, 9.17) is 5.10 Å². The van der Waals surface area contributed by atoms with Crippen LogP contribution in [-0.2, 0) is 4.79 Å². The van der Waals surface area contributed by atoms with Gasteiger partial charge in [0, 0.05) is 35.0 Å². The molecule has 1 aliphatic heterocycles. The van der Waals surface area contributed by atoms with Gasteiger partial charge in [-0.3, -0.25) is 4.79 Å². The molecule has 9 heteroatoms. The van der Waals surface area contributed by atoms with Crippen LogP contribution in [0.2, 0.25) is 0 Å². The maximum absolute atomic E-state index is 13.6. The zero-order valence-corrected chi connectivity index (χ0v) is 16.9. The Balaban J connectivity index is 1.60. The third kappa shape index (κ3) is 2.93. The number of tetrazole rings is 1. The average molecular weight is 427 g/mol. The molecule has 2 aliphatic rings. The van der Waals surface area contributed by atoms with Crippen molar-refractivity contribution in [3.63, 3.8) is 0 Å². The van der Waals surface area contributed by atoms with Crippen LogP contribution in [0.25, 0.3) is 16.9 Å². The van der Waals surface area contributed by atoms with E-state index < -0.39 is 6.04 Å². The number of halogens is 1. The zero-order valence-electron chi connectivity index (χ0n) is 16.9. The molecule has 8 nitrogen and oxygen atoms in total. The summed E-state index contributed by atoms with van der Waals surface area (Å²) in [5, 5.41) is 20.2.